The van der Waals surface area contributed by atoms with Gasteiger partial charge in [0.05, 0.1) is 11.0 Å². The Labute approximate surface area is 124 Å². The molecule has 0 aromatic rings. The molecule has 118 valence electrons. The van der Waals surface area contributed by atoms with Gasteiger partial charge in [-0.15, -0.1) is 0 Å². The average molecular weight is 302 g/mol. The van der Waals surface area contributed by atoms with Crippen LogP contribution in [0.3, 0.4) is 0 Å². The van der Waals surface area contributed by atoms with Gasteiger partial charge in [-0.1, -0.05) is 13.3 Å². The van der Waals surface area contributed by atoms with E-state index in [-0.39, 0.29) is 5.25 Å². The summed E-state index contributed by atoms with van der Waals surface area (Å²) < 4.78 is 24.1. The molecule has 1 heterocycles. The quantitative estimate of drug-likeness (QED) is 0.777. The van der Waals surface area contributed by atoms with E-state index in [2.05, 4.69) is 17.1 Å². The molecule has 0 spiro atoms. The van der Waals surface area contributed by atoms with Crippen molar-refractivity contribution in [3.63, 3.8) is 0 Å². The van der Waals surface area contributed by atoms with E-state index < -0.39 is 9.84 Å². The van der Waals surface area contributed by atoms with Crippen molar-refractivity contribution in [1.82, 2.24) is 10.2 Å². The molecule has 1 saturated heterocycles. The van der Waals surface area contributed by atoms with Gasteiger partial charge in [-0.05, 0) is 39.0 Å². The van der Waals surface area contributed by atoms with Crippen LogP contribution in [0.2, 0.25) is 0 Å². The summed E-state index contributed by atoms with van der Waals surface area (Å²) >= 11 is 0. The van der Waals surface area contributed by atoms with Crippen LogP contribution in [0.4, 0.5) is 0 Å². The molecule has 0 aromatic carbocycles. The highest BCUT2D eigenvalue weighted by Crippen LogP contribution is 2.36. The Hall–Kier alpha value is -0.130. The van der Waals surface area contributed by atoms with Gasteiger partial charge in [0, 0.05) is 31.7 Å². The van der Waals surface area contributed by atoms with Crippen LogP contribution >= 0.6 is 0 Å². The molecule has 1 aliphatic carbocycles. The lowest BCUT2D eigenvalue weighted by molar-refractivity contribution is 0.119. The lowest BCUT2D eigenvalue weighted by atomic mass is 10.0. The van der Waals surface area contributed by atoms with Crippen molar-refractivity contribution in [3.8, 4) is 0 Å². The summed E-state index contributed by atoms with van der Waals surface area (Å²) in [5.41, 5.74) is 0. The zero-order valence-corrected chi connectivity index (χ0v) is 14.0. The summed E-state index contributed by atoms with van der Waals surface area (Å²) in [5, 5.41) is 3.40. The number of piperazine rings is 1. The van der Waals surface area contributed by atoms with E-state index in [0.29, 0.717) is 24.4 Å². The molecule has 1 aliphatic heterocycles. The third-order valence-electron chi connectivity index (χ3n) is 4.72. The number of hydrogen-bond donors (Lipinski definition) is 1. The lowest BCUT2D eigenvalue weighted by Gasteiger charge is -2.41. The van der Waals surface area contributed by atoms with E-state index in [4.69, 9.17) is 0 Å². The van der Waals surface area contributed by atoms with Crippen LogP contribution in [-0.4, -0.2) is 56.0 Å². The maximum absolute atomic E-state index is 12.0. The summed E-state index contributed by atoms with van der Waals surface area (Å²) in [5.74, 6) is 1.11. The minimum atomic E-state index is -2.92. The molecule has 0 bridgehead atoms. The van der Waals surface area contributed by atoms with E-state index >= 15 is 0 Å². The van der Waals surface area contributed by atoms with Gasteiger partial charge in [0.25, 0.3) is 0 Å². The summed E-state index contributed by atoms with van der Waals surface area (Å²) in [6, 6.07) is 1.10. The first kappa shape index (κ1) is 16.2. The van der Waals surface area contributed by atoms with E-state index in [1.54, 1.807) is 13.8 Å². The van der Waals surface area contributed by atoms with Gasteiger partial charge in [-0.25, -0.2) is 8.42 Å². The van der Waals surface area contributed by atoms with Crippen molar-refractivity contribution in [2.45, 2.75) is 63.8 Å². The Balaban J connectivity index is 1.93. The first-order valence-corrected chi connectivity index (χ1v) is 9.84. The summed E-state index contributed by atoms with van der Waals surface area (Å²) in [7, 11) is -2.92. The van der Waals surface area contributed by atoms with Gasteiger partial charge < -0.3 is 5.32 Å². The van der Waals surface area contributed by atoms with Gasteiger partial charge >= 0.3 is 0 Å². The van der Waals surface area contributed by atoms with E-state index in [0.717, 1.165) is 19.0 Å². The maximum atomic E-state index is 12.0. The Morgan fingerprint density at radius 3 is 2.55 bits per heavy atom. The molecule has 2 aliphatic rings. The van der Waals surface area contributed by atoms with E-state index in [9.17, 15) is 8.42 Å². The highest BCUT2D eigenvalue weighted by molar-refractivity contribution is 7.92. The maximum Gasteiger partial charge on any atom is 0.153 e. The Kier molecular flexibility index (Phi) is 5.49. The third-order valence-corrected chi connectivity index (χ3v) is 6.91. The monoisotopic (exact) mass is 302 g/mol. The zero-order valence-electron chi connectivity index (χ0n) is 13.1. The minimum Gasteiger partial charge on any atom is -0.311 e. The molecule has 5 heteroatoms. The molecule has 2 rings (SSSR count). The fourth-order valence-electron chi connectivity index (χ4n) is 3.12. The molecule has 4 nitrogen and oxygen atoms in total. The van der Waals surface area contributed by atoms with Crippen molar-refractivity contribution in [1.29, 1.82) is 0 Å². The molecular formula is C15H30N2O2S. The molecule has 0 amide bonds. The normalized spacial score (nSPS) is 29.0. The first-order valence-electron chi connectivity index (χ1n) is 8.13. The van der Waals surface area contributed by atoms with Crippen molar-refractivity contribution >= 4 is 9.84 Å². The highest BCUT2D eigenvalue weighted by Gasteiger charge is 2.38. The number of nitrogens with zero attached hydrogens (tertiary/aromatic N) is 1. The molecule has 0 radical (unpaired) electrons. The Bertz CT molecular complexity index is 404. The second kappa shape index (κ2) is 6.75. The SMILES string of the molecule is CCCC1CN(CCS(=O)(=O)C(C)C)C(C2CC2)CN1. The first-order chi connectivity index (χ1) is 9.44. The predicted octanol–water partition coefficient (Wildman–Crippen LogP) is 1.66. The molecule has 2 atom stereocenters. The smallest absolute Gasteiger partial charge is 0.153 e. The van der Waals surface area contributed by atoms with Crippen LogP contribution in [0.15, 0.2) is 0 Å². The number of sulfone groups is 1. The second-order valence-electron chi connectivity index (χ2n) is 6.71. The fraction of sp³-hybridized carbons (Fsp3) is 1.00. The molecular weight excluding hydrogens is 272 g/mol. The Morgan fingerprint density at radius 1 is 1.30 bits per heavy atom. The van der Waals surface area contributed by atoms with Crippen molar-refractivity contribution in [3.05, 3.63) is 0 Å². The van der Waals surface area contributed by atoms with Crippen LogP contribution < -0.4 is 5.32 Å². The largest absolute Gasteiger partial charge is 0.311 e. The molecule has 2 fully saturated rings. The Morgan fingerprint density at radius 2 is 2.00 bits per heavy atom. The van der Waals surface area contributed by atoms with Gasteiger partial charge in [0.1, 0.15) is 0 Å². The average Bonchev–Trinajstić information content (AvgIpc) is 3.21. The zero-order chi connectivity index (χ0) is 14.8. The number of hydrogen-bond acceptors (Lipinski definition) is 4. The summed E-state index contributed by atoms with van der Waals surface area (Å²) in [6.45, 7) is 8.54. The van der Waals surface area contributed by atoms with E-state index in [1.807, 2.05) is 0 Å². The fourth-order valence-corrected chi connectivity index (χ4v) is 4.08. The second-order valence-corrected chi connectivity index (χ2v) is 9.39. The van der Waals surface area contributed by atoms with Crippen LogP contribution in [-0.2, 0) is 9.84 Å². The van der Waals surface area contributed by atoms with Gasteiger partial charge in [0.2, 0.25) is 0 Å². The third kappa shape index (κ3) is 4.18. The van der Waals surface area contributed by atoms with Crippen LogP contribution in [0, 0.1) is 5.92 Å². The van der Waals surface area contributed by atoms with Crippen molar-refractivity contribution in [2.24, 2.45) is 5.92 Å². The van der Waals surface area contributed by atoms with Crippen LogP contribution in [0.25, 0.3) is 0 Å². The molecule has 2 unspecified atom stereocenters. The van der Waals surface area contributed by atoms with Crippen LogP contribution in [0.5, 0.6) is 0 Å². The van der Waals surface area contributed by atoms with Gasteiger partial charge in [0.15, 0.2) is 9.84 Å². The van der Waals surface area contributed by atoms with Gasteiger partial charge in [-0.2, -0.15) is 0 Å². The van der Waals surface area contributed by atoms with Crippen molar-refractivity contribution < 1.29 is 8.42 Å². The molecule has 1 saturated carbocycles. The molecule has 20 heavy (non-hydrogen) atoms. The highest BCUT2D eigenvalue weighted by atomic mass is 32.2. The molecule has 0 aromatic heterocycles. The minimum absolute atomic E-state index is 0.253. The lowest BCUT2D eigenvalue weighted by Crippen LogP contribution is -2.58. The topological polar surface area (TPSA) is 49.4 Å². The number of rotatable bonds is 7. The summed E-state index contributed by atoms with van der Waals surface area (Å²) in [6.07, 6.45) is 5.01. The standard InChI is InChI=1S/C15H30N2O2S/c1-4-5-14-11-17(8-9-20(18,19)12(2)3)15(10-16-14)13-6-7-13/h12-16H,4-11H2,1-3H3. The van der Waals surface area contributed by atoms with Gasteiger partial charge in [-0.3, -0.25) is 4.90 Å². The van der Waals surface area contributed by atoms with Crippen molar-refractivity contribution in [2.75, 3.05) is 25.4 Å². The van der Waals surface area contributed by atoms with E-state index in [1.165, 1.54) is 25.7 Å². The number of nitrogens with one attached hydrogen (secondary N) is 1. The molecule has 1 N–H and O–H groups in total. The predicted molar refractivity (Wildman–Crippen MR) is 83.7 cm³/mol. The summed E-state index contributed by atoms with van der Waals surface area (Å²) in [4.78, 5) is 2.45. The van der Waals surface area contributed by atoms with Crippen LogP contribution in [0.1, 0.15) is 46.5 Å².